The van der Waals surface area contributed by atoms with Gasteiger partial charge in [-0.25, -0.2) is 0 Å². The Kier molecular flexibility index (Phi) is 6.54. The Labute approximate surface area is 135 Å². The molecule has 2 heterocycles. The second kappa shape index (κ2) is 8.88. The number of hydrogen-bond donors (Lipinski definition) is 2. The number of nitriles is 1. The summed E-state index contributed by atoms with van der Waals surface area (Å²) < 4.78 is 0. The molecule has 1 aliphatic heterocycles. The molecule has 0 aliphatic carbocycles. The number of piperazine rings is 1. The largest absolute Gasteiger partial charge is 0.395 e. The zero-order valence-corrected chi connectivity index (χ0v) is 13.0. The highest BCUT2D eigenvalue weighted by molar-refractivity contribution is 5.97. The minimum Gasteiger partial charge on any atom is -0.395 e. The minimum absolute atomic E-state index is 0.101. The highest BCUT2D eigenvalue weighted by Gasteiger charge is 2.16. The van der Waals surface area contributed by atoms with Crippen molar-refractivity contribution in [1.29, 1.82) is 5.26 Å². The summed E-state index contributed by atoms with van der Waals surface area (Å²) in [5.41, 5.74) is 0.986. The number of pyridine rings is 1. The lowest BCUT2D eigenvalue weighted by atomic mass is 10.2. The van der Waals surface area contributed by atoms with Crippen LogP contribution in [0.4, 0.5) is 0 Å². The van der Waals surface area contributed by atoms with Crippen molar-refractivity contribution >= 4 is 5.91 Å². The van der Waals surface area contributed by atoms with Gasteiger partial charge in [-0.15, -0.1) is 0 Å². The molecule has 0 radical (unpaired) electrons. The van der Waals surface area contributed by atoms with Gasteiger partial charge in [0.1, 0.15) is 11.6 Å². The third kappa shape index (κ3) is 5.36. The second-order valence-corrected chi connectivity index (χ2v) is 5.30. The number of hydrogen-bond acceptors (Lipinski definition) is 6. The van der Waals surface area contributed by atoms with Crippen molar-refractivity contribution in [2.45, 2.75) is 6.54 Å². The Hall–Kier alpha value is -2.43. The molecule has 7 nitrogen and oxygen atoms in total. The van der Waals surface area contributed by atoms with Gasteiger partial charge in [0.25, 0.3) is 5.91 Å². The molecule has 2 N–H and O–H groups in total. The van der Waals surface area contributed by atoms with E-state index in [0.717, 1.165) is 31.7 Å². The summed E-state index contributed by atoms with van der Waals surface area (Å²) in [6.45, 7) is 4.25. The second-order valence-electron chi connectivity index (χ2n) is 5.30. The monoisotopic (exact) mass is 315 g/mol. The number of carbonyl (C=O) groups is 1. The maximum atomic E-state index is 12.1. The van der Waals surface area contributed by atoms with Crippen LogP contribution in [0, 0.1) is 11.3 Å². The Morgan fingerprint density at radius 1 is 1.43 bits per heavy atom. The summed E-state index contributed by atoms with van der Waals surface area (Å²) >= 11 is 0. The highest BCUT2D eigenvalue weighted by Crippen LogP contribution is 2.05. The summed E-state index contributed by atoms with van der Waals surface area (Å²) in [6.07, 6.45) is 4.97. The van der Waals surface area contributed by atoms with Crippen LogP contribution in [0.5, 0.6) is 0 Å². The molecule has 0 bridgehead atoms. The van der Waals surface area contributed by atoms with Crippen molar-refractivity contribution in [2.75, 3.05) is 39.3 Å². The maximum Gasteiger partial charge on any atom is 0.263 e. The van der Waals surface area contributed by atoms with Gasteiger partial charge in [0.15, 0.2) is 0 Å². The van der Waals surface area contributed by atoms with Crippen molar-refractivity contribution in [1.82, 2.24) is 20.1 Å². The number of aliphatic hydroxyl groups is 1. The van der Waals surface area contributed by atoms with Crippen molar-refractivity contribution in [3.05, 3.63) is 41.9 Å². The molecule has 0 unspecified atom stereocenters. The zero-order valence-electron chi connectivity index (χ0n) is 13.0. The van der Waals surface area contributed by atoms with E-state index in [9.17, 15) is 10.1 Å². The lowest BCUT2D eigenvalue weighted by Crippen LogP contribution is -2.45. The van der Waals surface area contributed by atoms with Gasteiger partial charge in [-0.1, -0.05) is 6.07 Å². The van der Waals surface area contributed by atoms with E-state index in [1.54, 1.807) is 24.7 Å². The molecule has 0 aromatic carbocycles. The SMILES string of the molecule is N#C/C(=C/N1CCN(CCO)CC1)C(=O)NCc1cccnc1. The van der Waals surface area contributed by atoms with Gasteiger partial charge in [-0.3, -0.25) is 14.7 Å². The van der Waals surface area contributed by atoms with Crippen LogP contribution in [0.3, 0.4) is 0 Å². The van der Waals surface area contributed by atoms with Crippen LogP contribution in [0.1, 0.15) is 5.56 Å². The summed E-state index contributed by atoms with van der Waals surface area (Å²) in [5.74, 6) is -0.380. The maximum absolute atomic E-state index is 12.1. The Morgan fingerprint density at radius 3 is 2.83 bits per heavy atom. The van der Waals surface area contributed by atoms with Gasteiger partial charge in [0, 0.05) is 57.9 Å². The number of β-amino-alcohol motifs (C(OH)–C–C–N with tert-alkyl or cyclic N) is 1. The molecule has 1 amide bonds. The standard InChI is InChI=1S/C16H21N5O2/c17-10-15(13-21-6-4-20(5-7-21)8-9-22)16(23)19-12-14-2-1-3-18-11-14/h1-3,11,13,22H,4-9,12H2,(H,19,23)/b15-13-. The molecule has 1 aromatic rings. The molecule has 0 spiro atoms. The fraction of sp³-hybridized carbons (Fsp3) is 0.438. The van der Waals surface area contributed by atoms with Crippen LogP contribution in [-0.2, 0) is 11.3 Å². The third-order valence-corrected chi connectivity index (χ3v) is 3.68. The minimum atomic E-state index is -0.380. The number of carbonyl (C=O) groups excluding carboxylic acids is 1. The number of amides is 1. The lowest BCUT2D eigenvalue weighted by molar-refractivity contribution is -0.117. The Balaban J connectivity index is 1.86. The van der Waals surface area contributed by atoms with Gasteiger partial charge in [-0.2, -0.15) is 5.26 Å². The van der Waals surface area contributed by atoms with Crippen LogP contribution < -0.4 is 5.32 Å². The molecule has 0 atom stereocenters. The van der Waals surface area contributed by atoms with Gasteiger partial charge in [0.2, 0.25) is 0 Å². The normalized spacial score (nSPS) is 16.0. The summed E-state index contributed by atoms with van der Waals surface area (Å²) in [7, 11) is 0. The molecular weight excluding hydrogens is 294 g/mol. The molecule has 0 saturated carbocycles. The first kappa shape index (κ1) is 16.9. The predicted molar refractivity (Wildman–Crippen MR) is 84.9 cm³/mol. The van der Waals surface area contributed by atoms with Gasteiger partial charge in [0.05, 0.1) is 6.61 Å². The predicted octanol–water partition coefficient (Wildman–Crippen LogP) is -0.285. The van der Waals surface area contributed by atoms with E-state index in [0.29, 0.717) is 13.1 Å². The van der Waals surface area contributed by atoms with Crippen molar-refractivity contribution in [3.63, 3.8) is 0 Å². The fourth-order valence-corrected chi connectivity index (χ4v) is 2.36. The van der Waals surface area contributed by atoms with Gasteiger partial charge < -0.3 is 15.3 Å². The first-order valence-electron chi connectivity index (χ1n) is 7.59. The van der Waals surface area contributed by atoms with E-state index >= 15 is 0 Å². The van der Waals surface area contributed by atoms with E-state index < -0.39 is 0 Å². The average Bonchev–Trinajstić information content (AvgIpc) is 2.60. The van der Waals surface area contributed by atoms with E-state index in [4.69, 9.17) is 5.11 Å². The number of rotatable bonds is 6. The molecule has 7 heteroatoms. The van der Waals surface area contributed by atoms with Crippen LogP contribution in [-0.4, -0.2) is 65.1 Å². The van der Waals surface area contributed by atoms with Crippen molar-refractivity contribution in [2.24, 2.45) is 0 Å². The molecule has 23 heavy (non-hydrogen) atoms. The molecule has 2 rings (SSSR count). The Morgan fingerprint density at radius 2 is 2.22 bits per heavy atom. The highest BCUT2D eigenvalue weighted by atomic mass is 16.3. The quantitative estimate of drug-likeness (QED) is 0.554. The van der Waals surface area contributed by atoms with Crippen molar-refractivity contribution < 1.29 is 9.90 Å². The van der Waals surface area contributed by atoms with Crippen LogP contribution in [0.2, 0.25) is 0 Å². The van der Waals surface area contributed by atoms with E-state index in [1.807, 2.05) is 17.0 Å². The van der Waals surface area contributed by atoms with Gasteiger partial charge >= 0.3 is 0 Å². The molecule has 1 aliphatic rings. The topological polar surface area (TPSA) is 92.5 Å². The summed E-state index contributed by atoms with van der Waals surface area (Å²) in [5, 5.41) is 20.9. The van der Waals surface area contributed by atoms with Crippen LogP contribution >= 0.6 is 0 Å². The number of nitrogens with zero attached hydrogens (tertiary/aromatic N) is 4. The fourth-order valence-electron chi connectivity index (χ4n) is 2.36. The summed E-state index contributed by atoms with van der Waals surface area (Å²) in [4.78, 5) is 20.2. The van der Waals surface area contributed by atoms with Crippen molar-refractivity contribution in [3.8, 4) is 6.07 Å². The summed E-state index contributed by atoms with van der Waals surface area (Å²) in [6, 6.07) is 5.62. The van der Waals surface area contributed by atoms with Gasteiger partial charge in [-0.05, 0) is 11.6 Å². The molecule has 1 saturated heterocycles. The van der Waals surface area contributed by atoms with Crippen LogP contribution in [0.25, 0.3) is 0 Å². The van der Waals surface area contributed by atoms with E-state index in [1.165, 1.54) is 0 Å². The van der Waals surface area contributed by atoms with E-state index in [-0.39, 0.29) is 18.1 Å². The molecular formula is C16H21N5O2. The lowest BCUT2D eigenvalue weighted by Gasteiger charge is -2.33. The molecule has 1 aromatic heterocycles. The first-order chi connectivity index (χ1) is 11.2. The zero-order chi connectivity index (χ0) is 16.5. The first-order valence-corrected chi connectivity index (χ1v) is 7.59. The number of aromatic nitrogens is 1. The molecule has 1 fully saturated rings. The number of aliphatic hydroxyl groups excluding tert-OH is 1. The van der Waals surface area contributed by atoms with E-state index in [2.05, 4.69) is 15.2 Å². The number of nitrogens with one attached hydrogen (secondary N) is 1. The van der Waals surface area contributed by atoms with Crippen LogP contribution in [0.15, 0.2) is 36.3 Å². The third-order valence-electron chi connectivity index (χ3n) is 3.68. The molecule has 122 valence electrons. The average molecular weight is 315 g/mol. The smallest absolute Gasteiger partial charge is 0.263 e. The Bertz CT molecular complexity index is 574.